The van der Waals surface area contributed by atoms with Crippen molar-refractivity contribution in [2.45, 2.75) is 117 Å². The van der Waals surface area contributed by atoms with Crippen molar-refractivity contribution in [1.29, 1.82) is 0 Å². The molecule has 0 atom stereocenters. The highest BCUT2D eigenvalue weighted by molar-refractivity contribution is 6.03. The van der Waals surface area contributed by atoms with Gasteiger partial charge in [0.1, 0.15) is 37.6 Å². The molecule has 6 heterocycles. The van der Waals surface area contributed by atoms with Crippen molar-refractivity contribution in [3.05, 3.63) is 140 Å². The molecule has 83 heavy (non-hydrogen) atoms. The van der Waals surface area contributed by atoms with Gasteiger partial charge in [0.05, 0.1) is 29.3 Å². The number of likely N-dealkylation sites (tertiary alicyclic amines) is 2. The molecule has 0 spiro atoms. The van der Waals surface area contributed by atoms with Gasteiger partial charge in [-0.2, -0.15) is 0 Å². The van der Waals surface area contributed by atoms with Crippen LogP contribution in [0.5, 0.6) is 23.0 Å². The van der Waals surface area contributed by atoms with Gasteiger partial charge in [-0.1, -0.05) is 48.5 Å². The average molecular weight is 1140 g/mol. The van der Waals surface area contributed by atoms with Gasteiger partial charge in [-0.05, 0) is 115 Å². The summed E-state index contributed by atoms with van der Waals surface area (Å²) in [5.41, 5.74) is 1.72. The fourth-order valence-electron chi connectivity index (χ4n) is 11.1. The predicted molar refractivity (Wildman–Crippen MR) is 312 cm³/mol. The number of pyridine rings is 2. The van der Waals surface area contributed by atoms with E-state index in [2.05, 4.69) is 9.80 Å². The zero-order chi connectivity index (χ0) is 59.0. The third-order valence-corrected chi connectivity index (χ3v) is 15.1. The van der Waals surface area contributed by atoms with Gasteiger partial charge < -0.3 is 67.0 Å². The van der Waals surface area contributed by atoms with Crippen LogP contribution in [0.1, 0.15) is 99.1 Å². The first-order valence-electron chi connectivity index (χ1n) is 28.5. The van der Waals surface area contributed by atoms with E-state index in [-0.39, 0.29) is 46.5 Å². The van der Waals surface area contributed by atoms with Crippen molar-refractivity contribution in [2.24, 2.45) is 0 Å². The van der Waals surface area contributed by atoms with E-state index < -0.39 is 23.1 Å². The van der Waals surface area contributed by atoms with Crippen LogP contribution in [-0.2, 0) is 40.4 Å². The van der Waals surface area contributed by atoms with Crippen molar-refractivity contribution in [1.82, 2.24) is 28.7 Å². The number of fused-ring (bicyclic) bond motifs is 4. The second-order valence-electron chi connectivity index (χ2n) is 23.2. The lowest BCUT2D eigenvalue weighted by atomic mass is 10.0. The molecule has 1 N–H and O–H groups in total. The SMILES string of the molecule is CC(C)(C)OC(=O)N(Cc1ccc2c(c1)OCCO2)C1CCN(CCn2c(=O)cc(C(=O)O)c3ccccc32)CC1.COC(=O)c1cc(=O)n(CCN2CCC(N(Cc3ccc4c(c3)OCCO4)C(=O)OC(C)(C)C)CC2)c2ccccc12. The standard InChI is InChI=1S/C32H39N3O7.C31H37N3O7/c1-32(2,3)42-31(38)35(21-22-9-10-27-28(19-22)41-18-17-40-27)23-11-13-33(14-12-23)15-16-34-26-8-6-5-7-24(26)25(20-29(34)36)30(37)39-4;1-31(2,3)41-30(38)34(20-21-8-9-26-27(18-21)40-17-16-39-26)22-10-12-32(13-11-22)14-15-33-25-7-5-4-6-23(25)24(29(36)37)19-28(33)35/h5-10,19-20,23H,11-18,21H2,1-4H3;4-9,18-19,22H,10-17,20H2,1-3H3,(H,36,37). The second kappa shape index (κ2) is 26.0. The number of piperidine rings is 2. The minimum Gasteiger partial charge on any atom is -0.486 e. The van der Waals surface area contributed by atoms with Crippen LogP contribution < -0.4 is 30.1 Å². The summed E-state index contributed by atoms with van der Waals surface area (Å²) in [6.07, 6.45) is 2.40. The molecule has 2 aromatic heterocycles. The Morgan fingerprint density at radius 3 is 1.31 bits per heavy atom. The van der Waals surface area contributed by atoms with Crippen LogP contribution in [0, 0.1) is 0 Å². The van der Waals surface area contributed by atoms with E-state index in [1.54, 1.807) is 27.3 Å². The highest BCUT2D eigenvalue weighted by Gasteiger charge is 2.34. The number of carboxylic acids is 1. The molecular formula is C63H76N6O14. The largest absolute Gasteiger partial charge is 0.486 e. The van der Waals surface area contributed by atoms with Crippen molar-refractivity contribution < 1.29 is 57.4 Å². The molecule has 0 aliphatic carbocycles. The number of carbonyl (C=O) groups excluding carboxylic acids is 3. The number of carbonyl (C=O) groups is 4. The average Bonchev–Trinajstić information content (AvgIpc) is 2.92. The second-order valence-corrected chi connectivity index (χ2v) is 23.2. The maximum Gasteiger partial charge on any atom is 0.410 e. The van der Waals surface area contributed by atoms with Gasteiger partial charge in [0, 0.05) is 100 Å². The van der Waals surface area contributed by atoms with Gasteiger partial charge in [0.25, 0.3) is 11.1 Å². The van der Waals surface area contributed by atoms with Gasteiger partial charge in [-0.25, -0.2) is 19.2 Å². The highest BCUT2D eigenvalue weighted by Crippen LogP contribution is 2.34. The van der Waals surface area contributed by atoms with E-state index in [1.807, 2.05) is 118 Å². The van der Waals surface area contributed by atoms with Gasteiger partial charge in [0.15, 0.2) is 23.0 Å². The number of aromatic nitrogens is 2. The number of hydrogen-bond donors (Lipinski definition) is 1. The Hall–Kier alpha value is -8.10. The summed E-state index contributed by atoms with van der Waals surface area (Å²) in [6.45, 7) is 19.4. The lowest BCUT2D eigenvalue weighted by Gasteiger charge is -2.39. The smallest absolute Gasteiger partial charge is 0.410 e. The molecule has 2 saturated heterocycles. The molecule has 2 amide bonds. The molecule has 4 aromatic carbocycles. The van der Waals surface area contributed by atoms with Crippen molar-refractivity contribution >= 4 is 45.9 Å². The van der Waals surface area contributed by atoms with E-state index in [0.717, 1.165) is 63.0 Å². The molecule has 442 valence electrons. The molecule has 6 aromatic rings. The van der Waals surface area contributed by atoms with E-state index in [1.165, 1.54) is 19.2 Å². The number of carboxylic acid groups (broad SMARTS) is 1. The Labute approximate surface area is 482 Å². The van der Waals surface area contributed by atoms with Crippen LogP contribution in [0.15, 0.2) is 107 Å². The summed E-state index contributed by atoms with van der Waals surface area (Å²) in [5, 5.41) is 10.8. The van der Waals surface area contributed by atoms with E-state index in [0.29, 0.717) is 110 Å². The van der Waals surface area contributed by atoms with Crippen LogP contribution in [0.2, 0.25) is 0 Å². The zero-order valence-corrected chi connectivity index (χ0v) is 48.6. The normalized spacial score (nSPS) is 15.9. The topological polar surface area (TPSA) is 210 Å². The quantitative estimate of drug-likeness (QED) is 0.0798. The molecular weight excluding hydrogens is 1060 g/mol. The Kier molecular flexibility index (Phi) is 18.6. The first kappa shape index (κ1) is 59.5. The summed E-state index contributed by atoms with van der Waals surface area (Å²) >= 11 is 0. The number of aromatic carboxylic acids is 1. The van der Waals surface area contributed by atoms with E-state index >= 15 is 0 Å². The minimum atomic E-state index is -1.11. The summed E-state index contributed by atoms with van der Waals surface area (Å²) < 4.78 is 42.6. The van der Waals surface area contributed by atoms with Crippen molar-refractivity contribution in [2.75, 3.05) is 72.8 Å². The van der Waals surface area contributed by atoms with Crippen molar-refractivity contribution in [3.63, 3.8) is 0 Å². The Morgan fingerprint density at radius 2 is 0.916 bits per heavy atom. The maximum atomic E-state index is 13.4. The minimum absolute atomic E-state index is 0.00666. The molecule has 0 radical (unpaired) electrons. The fourth-order valence-corrected chi connectivity index (χ4v) is 11.1. The number of para-hydroxylation sites is 2. The third kappa shape index (κ3) is 14.9. The Bertz CT molecular complexity index is 3440. The first-order valence-corrected chi connectivity index (χ1v) is 28.5. The van der Waals surface area contributed by atoms with Gasteiger partial charge in [-0.3, -0.25) is 9.59 Å². The van der Waals surface area contributed by atoms with E-state index in [4.69, 9.17) is 33.2 Å². The molecule has 0 unspecified atom stereocenters. The monoisotopic (exact) mass is 1140 g/mol. The van der Waals surface area contributed by atoms with Gasteiger partial charge in [-0.15, -0.1) is 0 Å². The van der Waals surface area contributed by atoms with Crippen LogP contribution in [0.4, 0.5) is 9.59 Å². The summed E-state index contributed by atoms with van der Waals surface area (Å²) in [4.78, 5) is 84.7. The fraction of sp³-hybridized carbons (Fsp3) is 0.460. The number of rotatable bonds is 14. The molecule has 10 rings (SSSR count). The third-order valence-electron chi connectivity index (χ3n) is 15.1. The molecule has 4 aliphatic rings. The molecule has 4 aliphatic heterocycles. The molecule has 20 nitrogen and oxygen atoms in total. The van der Waals surface area contributed by atoms with Crippen LogP contribution in [0.25, 0.3) is 21.8 Å². The first-order chi connectivity index (χ1) is 39.7. The number of methoxy groups -OCH3 is 1. The predicted octanol–water partition coefficient (Wildman–Crippen LogP) is 8.83. The number of hydrogen-bond acceptors (Lipinski definition) is 15. The van der Waals surface area contributed by atoms with Gasteiger partial charge in [0.2, 0.25) is 0 Å². The van der Waals surface area contributed by atoms with E-state index in [9.17, 15) is 33.9 Å². The number of nitrogens with zero attached hydrogens (tertiary/aromatic N) is 6. The lowest BCUT2D eigenvalue weighted by Crippen LogP contribution is -2.49. The number of amides is 2. The Morgan fingerprint density at radius 1 is 0.530 bits per heavy atom. The lowest BCUT2D eigenvalue weighted by molar-refractivity contribution is 0.00468. The van der Waals surface area contributed by atoms with Gasteiger partial charge >= 0.3 is 24.1 Å². The molecule has 20 heteroatoms. The van der Waals surface area contributed by atoms with Crippen LogP contribution in [-0.4, -0.2) is 154 Å². The summed E-state index contributed by atoms with van der Waals surface area (Å²) in [6, 6.07) is 28.6. The van der Waals surface area contributed by atoms with Crippen LogP contribution >= 0.6 is 0 Å². The summed E-state index contributed by atoms with van der Waals surface area (Å²) in [7, 11) is 1.31. The molecule has 0 bridgehead atoms. The van der Waals surface area contributed by atoms with Crippen molar-refractivity contribution in [3.8, 4) is 23.0 Å². The molecule has 2 fully saturated rings. The zero-order valence-electron chi connectivity index (χ0n) is 48.6. The van der Waals surface area contributed by atoms with Crippen LogP contribution in [0.3, 0.4) is 0 Å². The number of benzene rings is 4. The number of ether oxygens (including phenoxy) is 7. The highest BCUT2D eigenvalue weighted by atomic mass is 16.6. The summed E-state index contributed by atoms with van der Waals surface area (Å²) in [5.74, 6) is 1.17. The Balaban J connectivity index is 0.000000200. The molecule has 0 saturated carbocycles. The number of esters is 1. The maximum absolute atomic E-state index is 13.4.